The molecule has 2 unspecified atom stereocenters. The molecule has 1 aromatic carbocycles. The Morgan fingerprint density at radius 1 is 1.37 bits per heavy atom. The van der Waals surface area contributed by atoms with Crippen LogP contribution in [-0.4, -0.2) is 18.7 Å². The van der Waals surface area contributed by atoms with Crippen LogP contribution < -0.4 is 5.32 Å². The van der Waals surface area contributed by atoms with Crippen molar-refractivity contribution in [2.24, 2.45) is 5.92 Å². The van der Waals surface area contributed by atoms with Gasteiger partial charge < -0.3 is 10.1 Å². The predicted molar refractivity (Wildman–Crippen MR) is 75.7 cm³/mol. The van der Waals surface area contributed by atoms with E-state index in [9.17, 15) is 4.39 Å². The molecule has 1 fully saturated rings. The number of benzene rings is 1. The van der Waals surface area contributed by atoms with Gasteiger partial charge in [0.25, 0.3) is 0 Å². The maximum Gasteiger partial charge on any atom is 0.123 e. The van der Waals surface area contributed by atoms with Crippen LogP contribution in [0.3, 0.4) is 0 Å². The van der Waals surface area contributed by atoms with E-state index >= 15 is 0 Å². The summed E-state index contributed by atoms with van der Waals surface area (Å²) in [6.45, 7) is 10.2. The fourth-order valence-electron chi connectivity index (χ4n) is 2.54. The lowest BCUT2D eigenvalue weighted by Crippen LogP contribution is -2.39. The minimum atomic E-state index is -0.182. The highest BCUT2D eigenvalue weighted by Crippen LogP contribution is 2.36. The molecule has 0 spiro atoms. The lowest BCUT2D eigenvalue weighted by atomic mass is 9.91. The number of aryl methyl sites for hydroxylation is 1. The first kappa shape index (κ1) is 14.5. The molecule has 1 aliphatic heterocycles. The van der Waals surface area contributed by atoms with E-state index in [0.29, 0.717) is 5.92 Å². The van der Waals surface area contributed by atoms with Crippen LogP contribution in [0.15, 0.2) is 18.2 Å². The van der Waals surface area contributed by atoms with Gasteiger partial charge in [0.1, 0.15) is 5.82 Å². The smallest absolute Gasteiger partial charge is 0.123 e. The molecule has 1 aliphatic rings. The van der Waals surface area contributed by atoms with Gasteiger partial charge in [0.15, 0.2) is 0 Å². The second-order valence-corrected chi connectivity index (χ2v) is 6.47. The largest absolute Gasteiger partial charge is 0.373 e. The average molecular weight is 265 g/mol. The molecule has 0 saturated carbocycles. The summed E-state index contributed by atoms with van der Waals surface area (Å²) in [4.78, 5) is 0. The van der Waals surface area contributed by atoms with E-state index in [4.69, 9.17) is 4.74 Å². The summed E-state index contributed by atoms with van der Waals surface area (Å²) in [7, 11) is 0. The minimum Gasteiger partial charge on any atom is -0.373 e. The zero-order valence-electron chi connectivity index (χ0n) is 12.3. The van der Waals surface area contributed by atoms with Gasteiger partial charge in [0.2, 0.25) is 0 Å². The van der Waals surface area contributed by atoms with Gasteiger partial charge in [-0.2, -0.15) is 0 Å². The number of halogens is 1. The summed E-state index contributed by atoms with van der Waals surface area (Å²) in [6, 6.07) is 4.96. The summed E-state index contributed by atoms with van der Waals surface area (Å²) >= 11 is 0. The lowest BCUT2D eigenvalue weighted by Gasteiger charge is -2.26. The van der Waals surface area contributed by atoms with E-state index in [1.54, 1.807) is 6.07 Å². The Balaban J connectivity index is 2.12. The third-order valence-corrected chi connectivity index (χ3v) is 3.66. The number of hydrogen-bond acceptors (Lipinski definition) is 2. The molecule has 19 heavy (non-hydrogen) atoms. The van der Waals surface area contributed by atoms with Crippen LogP contribution in [0.4, 0.5) is 4.39 Å². The first-order valence-electron chi connectivity index (χ1n) is 6.99. The van der Waals surface area contributed by atoms with Crippen molar-refractivity contribution < 1.29 is 9.13 Å². The Kier molecular flexibility index (Phi) is 4.26. The van der Waals surface area contributed by atoms with Gasteiger partial charge in [-0.1, -0.05) is 6.07 Å². The molecule has 1 saturated heterocycles. The zero-order chi connectivity index (χ0) is 14.0. The molecule has 1 N–H and O–H groups in total. The van der Waals surface area contributed by atoms with Crippen LogP contribution in [-0.2, 0) is 4.74 Å². The van der Waals surface area contributed by atoms with E-state index in [2.05, 4.69) is 26.1 Å². The van der Waals surface area contributed by atoms with Gasteiger partial charge in [-0.15, -0.1) is 0 Å². The van der Waals surface area contributed by atoms with Gasteiger partial charge >= 0.3 is 0 Å². The van der Waals surface area contributed by atoms with E-state index in [1.807, 2.05) is 13.0 Å². The molecular formula is C16H24FNO. The molecule has 0 aromatic heterocycles. The normalized spacial score (nSPS) is 23.8. The standard InChI is InChI=1S/C16H24FNO/c1-11-5-6-13(17)9-14(11)15-12(7-8-19-15)10-18-16(2,3)4/h5-6,9,12,15,18H,7-8,10H2,1-4H3. The second kappa shape index (κ2) is 5.59. The van der Waals surface area contributed by atoms with E-state index in [0.717, 1.165) is 30.7 Å². The summed E-state index contributed by atoms with van der Waals surface area (Å²) in [5.41, 5.74) is 2.21. The Hall–Kier alpha value is -0.930. The Morgan fingerprint density at radius 2 is 2.11 bits per heavy atom. The molecule has 0 bridgehead atoms. The van der Waals surface area contributed by atoms with Crippen molar-refractivity contribution in [1.82, 2.24) is 5.32 Å². The number of nitrogens with one attached hydrogen (secondary N) is 1. The van der Waals surface area contributed by atoms with E-state index in [-0.39, 0.29) is 17.5 Å². The first-order valence-corrected chi connectivity index (χ1v) is 6.99. The van der Waals surface area contributed by atoms with Crippen LogP contribution in [0.2, 0.25) is 0 Å². The summed E-state index contributed by atoms with van der Waals surface area (Å²) < 4.78 is 19.3. The maximum absolute atomic E-state index is 13.4. The number of ether oxygens (including phenoxy) is 1. The highest BCUT2D eigenvalue weighted by Gasteiger charge is 2.31. The quantitative estimate of drug-likeness (QED) is 0.901. The maximum atomic E-state index is 13.4. The fraction of sp³-hybridized carbons (Fsp3) is 0.625. The van der Waals surface area contributed by atoms with Gasteiger partial charge in [-0.3, -0.25) is 0 Å². The first-order chi connectivity index (χ1) is 8.87. The third kappa shape index (κ3) is 3.77. The van der Waals surface area contributed by atoms with Gasteiger partial charge in [-0.05, 0) is 57.4 Å². The monoisotopic (exact) mass is 265 g/mol. The van der Waals surface area contributed by atoms with Gasteiger partial charge in [0, 0.05) is 24.6 Å². The molecular weight excluding hydrogens is 241 g/mol. The summed E-state index contributed by atoms with van der Waals surface area (Å²) in [5, 5.41) is 3.52. The lowest BCUT2D eigenvalue weighted by molar-refractivity contribution is 0.0882. The van der Waals surface area contributed by atoms with E-state index < -0.39 is 0 Å². The second-order valence-electron chi connectivity index (χ2n) is 6.47. The van der Waals surface area contributed by atoms with Crippen molar-refractivity contribution in [3.8, 4) is 0 Å². The third-order valence-electron chi connectivity index (χ3n) is 3.66. The fourth-order valence-corrected chi connectivity index (χ4v) is 2.54. The highest BCUT2D eigenvalue weighted by atomic mass is 19.1. The van der Waals surface area contributed by atoms with Crippen LogP contribution in [0.5, 0.6) is 0 Å². The zero-order valence-corrected chi connectivity index (χ0v) is 12.3. The molecule has 1 heterocycles. The Bertz CT molecular complexity index is 439. The molecule has 0 amide bonds. The van der Waals surface area contributed by atoms with Crippen LogP contribution in [0.1, 0.15) is 44.4 Å². The molecule has 0 radical (unpaired) electrons. The average Bonchev–Trinajstić information content (AvgIpc) is 2.77. The van der Waals surface area contributed by atoms with Crippen molar-refractivity contribution in [3.63, 3.8) is 0 Å². The van der Waals surface area contributed by atoms with Crippen molar-refractivity contribution in [2.45, 2.75) is 45.8 Å². The molecule has 3 heteroatoms. The summed E-state index contributed by atoms with van der Waals surface area (Å²) in [6.07, 6.45) is 1.05. The molecule has 106 valence electrons. The number of rotatable bonds is 3. The van der Waals surface area contributed by atoms with Crippen LogP contribution >= 0.6 is 0 Å². The molecule has 2 nitrogen and oxygen atoms in total. The molecule has 2 rings (SSSR count). The van der Waals surface area contributed by atoms with Crippen molar-refractivity contribution in [2.75, 3.05) is 13.2 Å². The van der Waals surface area contributed by atoms with Crippen molar-refractivity contribution in [1.29, 1.82) is 0 Å². The predicted octanol–water partition coefficient (Wildman–Crippen LogP) is 3.60. The van der Waals surface area contributed by atoms with Gasteiger partial charge in [0.05, 0.1) is 6.10 Å². The van der Waals surface area contributed by atoms with Crippen LogP contribution in [0.25, 0.3) is 0 Å². The highest BCUT2D eigenvalue weighted by molar-refractivity contribution is 5.29. The van der Waals surface area contributed by atoms with E-state index in [1.165, 1.54) is 6.07 Å². The SMILES string of the molecule is Cc1ccc(F)cc1C1OCCC1CNC(C)(C)C. The molecule has 1 aromatic rings. The van der Waals surface area contributed by atoms with Crippen molar-refractivity contribution in [3.05, 3.63) is 35.1 Å². The van der Waals surface area contributed by atoms with Crippen LogP contribution in [0, 0.1) is 18.7 Å². The minimum absolute atomic E-state index is 0.0190. The number of hydrogen-bond donors (Lipinski definition) is 1. The molecule has 2 atom stereocenters. The Labute approximate surface area is 115 Å². The van der Waals surface area contributed by atoms with Crippen molar-refractivity contribution >= 4 is 0 Å². The topological polar surface area (TPSA) is 21.3 Å². The van der Waals surface area contributed by atoms with Gasteiger partial charge in [-0.25, -0.2) is 4.39 Å². The molecule has 0 aliphatic carbocycles. The Morgan fingerprint density at radius 3 is 2.79 bits per heavy atom. The summed E-state index contributed by atoms with van der Waals surface area (Å²) in [5.74, 6) is 0.235.